The fourth-order valence-electron chi connectivity index (χ4n) is 3.60. The van der Waals surface area contributed by atoms with E-state index in [9.17, 15) is 13.2 Å². The summed E-state index contributed by atoms with van der Waals surface area (Å²) in [6.07, 6.45) is 2.18. The van der Waals surface area contributed by atoms with Crippen molar-refractivity contribution in [2.75, 3.05) is 26.2 Å². The maximum atomic E-state index is 13.4. The number of aromatic nitrogens is 1. The Morgan fingerprint density at radius 2 is 1.78 bits per heavy atom. The van der Waals surface area contributed by atoms with Crippen LogP contribution in [0, 0.1) is 6.92 Å². The Hall–Kier alpha value is -3.39. The van der Waals surface area contributed by atoms with Crippen molar-refractivity contribution < 1.29 is 22.7 Å². The third-order valence-corrected chi connectivity index (χ3v) is 6.96. The van der Waals surface area contributed by atoms with Gasteiger partial charge in [0.25, 0.3) is 0 Å². The van der Waals surface area contributed by atoms with Crippen LogP contribution in [-0.2, 0) is 21.0 Å². The molecule has 0 fully saturated rings. The quantitative estimate of drug-likeness (QED) is 0.491. The van der Waals surface area contributed by atoms with Crippen molar-refractivity contribution in [3.63, 3.8) is 0 Å². The van der Waals surface area contributed by atoms with Crippen LogP contribution in [0.5, 0.6) is 5.75 Å². The number of carbonyl (C=O) groups excluding carboxylic acids is 1. The van der Waals surface area contributed by atoms with Crippen LogP contribution < -0.4 is 9.64 Å². The molecule has 0 amide bonds. The summed E-state index contributed by atoms with van der Waals surface area (Å²) < 4.78 is 37.0. The molecule has 0 radical (unpaired) electrons. The number of methoxy groups -OCH3 is 2. The van der Waals surface area contributed by atoms with E-state index in [4.69, 9.17) is 9.47 Å². The number of pyridine rings is 1. The molecule has 0 N–H and O–H groups in total. The van der Waals surface area contributed by atoms with Gasteiger partial charge in [0, 0.05) is 13.2 Å². The summed E-state index contributed by atoms with van der Waals surface area (Å²) in [6.45, 7) is 3.88. The molecule has 0 aliphatic heterocycles. The molecule has 168 valence electrons. The smallest absolute Gasteiger partial charge is 0.340 e. The summed E-state index contributed by atoms with van der Waals surface area (Å²) >= 11 is 0. The number of benzene rings is 2. The van der Waals surface area contributed by atoms with Gasteiger partial charge in [-0.25, -0.2) is 18.2 Å². The zero-order valence-corrected chi connectivity index (χ0v) is 19.6. The Bertz CT molecular complexity index is 1240. The lowest BCUT2D eigenvalue weighted by molar-refractivity contribution is 0.0601. The number of aryl methyl sites for hydroxylation is 2. The van der Waals surface area contributed by atoms with E-state index < -0.39 is 15.8 Å². The first-order valence-corrected chi connectivity index (χ1v) is 11.5. The molecule has 0 unspecified atom stereocenters. The highest BCUT2D eigenvalue weighted by Crippen LogP contribution is 2.36. The maximum absolute atomic E-state index is 13.4. The first-order chi connectivity index (χ1) is 15.2. The van der Waals surface area contributed by atoms with E-state index in [-0.39, 0.29) is 9.92 Å². The van der Waals surface area contributed by atoms with Gasteiger partial charge in [0.05, 0.1) is 36.1 Å². The van der Waals surface area contributed by atoms with Gasteiger partial charge in [-0.2, -0.15) is 0 Å². The molecule has 8 heteroatoms. The molecule has 3 rings (SSSR count). The molecule has 0 aliphatic rings. The lowest BCUT2D eigenvalue weighted by atomic mass is 10.0. The topological polar surface area (TPSA) is 85.8 Å². The molecular formula is C24H26N2O5S. The fourth-order valence-corrected chi connectivity index (χ4v) is 5.00. The Morgan fingerprint density at radius 1 is 1.09 bits per heavy atom. The summed E-state index contributed by atoms with van der Waals surface area (Å²) in [7, 11) is 0.614. The predicted octanol–water partition coefficient (Wildman–Crippen LogP) is 4.35. The Balaban J connectivity index is 2.18. The first kappa shape index (κ1) is 23.3. The van der Waals surface area contributed by atoms with Crippen molar-refractivity contribution in [3.8, 4) is 5.75 Å². The van der Waals surface area contributed by atoms with Gasteiger partial charge in [0.2, 0.25) is 9.84 Å². The normalized spacial score (nSPS) is 11.2. The van der Waals surface area contributed by atoms with Gasteiger partial charge in [-0.05, 0) is 66.9 Å². The molecule has 0 spiro atoms. The Kier molecular flexibility index (Phi) is 6.84. The summed E-state index contributed by atoms with van der Waals surface area (Å²) in [5.41, 5.74) is 3.08. The van der Waals surface area contributed by atoms with Crippen LogP contribution in [0.3, 0.4) is 0 Å². The number of sulfone groups is 1. The van der Waals surface area contributed by atoms with E-state index in [0.717, 1.165) is 17.5 Å². The second-order valence-electron chi connectivity index (χ2n) is 7.22. The van der Waals surface area contributed by atoms with Gasteiger partial charge in [-0.3, -0.25) is 0 Å². The van der Waals surface area contributed by atoms with E-state index in [0.29, 0.717) is 22.7 Å². The summed E-state index contributed by atoms with van der Waals surface area (Å²) in [5, 5.41) is -0.109. The molecule has 7 nitrogen and oxygen atoms in total. The standard InChI is InChI=1S/C24H26N2O5S/c1-6-17-14-16(2)22(20(15-17)24(27)31-5)26(3)21-8-7-13-25-23(21)32(28,29)19-11-9-18(30-4)10-12-19/h7-15H,6H2,1-5H3. The van der Waals surface area contributed by atoms with Crippen LogP contribution in [0.15, 0.2) is 64.6 Å². The second kappa shape index (κ2) is 9.40. The minimum Gasteiger partial charge on any atom is -0.497 e. The minimum atomic E-state index is -3.94. The van der Waals surface area contributed by atoms with Gasteiger partial charge in [-0.15, -0.1) is 0 Å². The van der Waals surface area contributed by atoms with Crippen LogP contribution in [-0.4, -0.2) is 40.6 Å². The third-order valence-electron chi connectivity index (χ3n) is 5.25. The Morgan fingerprint density at radius 3 is 2.38 bits per heavy atom. The average molecular weight is 455 g/mol. The number of ether oxygens (including phenoxy) is 2. The van der Waals surface area contributed by atoms with Crippen molar-refractivity contribution in [3.05, 3.63) is 71.4 Å². The lowest BCUT2D eigenvalue weighted by Gasteiger charge is -2.26. The summed E-state index contributed by atoms with van der Waals surface area (Å²) in [4.78, 5) is 18.5. The number of anilines is 2. The predicted molar refractivity (Wildman–Crippen MR) is 123 cm³/mol. The number of hydrogen-bond acceptors (Lipinski definition) is 7. The third kappa shape index (κ3) is 4.31. The van der Waals surface area contributed by atoms with Crippen LogP contribution in [0.25, 0.3) is 0 Å². The number of esters is 1. The Labute approximate surface area is 188 Å². The molecule has 32 heavy (non-hydrogen) atoms. The van der Waals surface area contributed by atoms with Crippen LogP contribution >= 0.6 is 0 Å². The number of hydrogen-bond donors (Lipinski definition) is 0. The zero-order chi connectivity index (χ0) is 23.5. The molecule has 0 saturated carbocycles. The van der Waals surface area contributed by atoms with Gasteiger partial charge in [0.15, 0.2) is 5.03 Å². The molecule has 0 atom stereocenters. The molecule has 3 aromatic rings. The van der Waals surface area contributed by atoms with Crippen molar-refractivity contribution in [1.82, 2.24) is 4.98 Å². The lowest BCUT2D eigenvalue weighted by Crippen LogP contribution is -2.20. The van der Waals surface area contributed by atoms with Crippen molar-refractivity contribution in [2.45, 2.75) is 30.2 Å². The van der Waals surface area contributed by atoms with E-state index in [1.165, 1.54) is 32.5 Å². The minimum absolute atomic E-state index is 0.0953. The zero-order valence-electron chi connectivity index (χ0n) is 18.7. The fraction of sp³-hybridized carbons (Fsp3) is 0.250. The number of rotatable bonds is 7. The monoisotopic (exact) mass is 454 g/mol. The first-order valence-electron chi connectivity index (χ1n) is 10.0. The molecule has 1 aromatic heterocycles. The van der Waals surface area contributed by atoms with E-state index in [1.54, 1.807) is 42.3 Å². The van der Waals surface area contributed by atoms with Gasteiger partial charge in [0.1, 0.15) is 5.75 Å². The van der Waals surface area contributed by atoms with E-state index in [1.807, 2.05) is 19.9 Å². The average Bonchev–Trinajstić information content (AvgIpc) is 2.82. The summed E-state index contributed by atoms with van der Waals surface area (Å²) in [6, 6.07) is 13.2. The van der Waals surface area contributed by atoms with Crippen LogP contribution in [0.4, 0.5) is 11.4 Å². The van der Waals surface area contributed by atoms with E-state index in [2.05, 4.69) is 4.98 Å². The maximum Gasteiger partial charge on any atom is 0.340 e. The molecule has 1 heterocycles. The number of nitrogens with zero attached hydrogens (tertiary/aromatic N) is 2. The van der Waals surface area contributed by atoms with E-state index >= 15 is 0 Å². The molecular weight excluding hydrogens is 428 g/mol. The highest BCUT2D eigenvalue weighted by atomic mass is 32.2. The second-order valence-corrected chi connectivity index (χ2v) is 9.08. The van der Waals surface area contributed by atoms with Crippen molar-refractivity contribution in [2.24, 2.45) is 0 Å². The van der Waals surface area contributed by atoms with Crippen LogP contribution in [0.1, 0.15) is 28.4 Å². The molecule has 0 saturated heterocycles. The highest BCUT2D eigenvalue weighted by Gasteiger charge is 2.27. The van der Waals surface area contributed by atoms with Gasteiger partial charge in [-0.1, -0.05) is 13.0 Å². The molecule has 2 aromatic carbocycles. The molecule has 0 aliphatic carbocycles. The van der Waals surface area contributed by atoms with Gasteiger partial charge >= 0.3 is 5.97 Å². The largest absolute Gasteiger partial charge is 0.497 e. The SMILES string of the molecule is CCc1cc(C)c(N(C)c2cccnc2S(=O)(=O)c2ccc(OC)cc2)c(C(=O)OC)c1. The van der Waals surface area contributed by atoms with Crippen LogP contribution in [0.2, 0.25) is 0 Å². The van der Waals surface area contributed by atoms with Crippen molar-refractivity contribution in [1.29, 1.82) is 0 Å². The highest BCUT2D eigenvalue weighted by molar-refractivity contribution is 7.91. The number of carbonyl (C=O) groups is 1. The summed E-state index contributed by atoms with van der Waals surface area (Å²) in [5.74, 6) is 0.0605. The van der Waals surface area contributed by atoms with Gasteiger partial charge < -0.3 is 14.4 Å². The molecule has 0 bridgehead atoms. The van der Waals surface area contributed by atoms with Crippen molar-refractivity contribution >= 4 is 27.2 Å².